The van der Waals surface area contributed by atoms with Gasteiger partial charge in [0.1, 0.15) is 30.2 Å². The molecule has 0 aliphatic heterocycles. The minimum absolute atomic E-state index is 0.211. The zero-order valence-corrected chi connectivity index (χ0v) is 14.7. The fourth-order valence-electron chi connectivity index (χ4n) is 2.48. The molecule has 2 amide bonds. The van der Waals surface area contributed by atoms with Crippen molar-refractivity contribution < 1.29 is 14.0 Å². The molecule has 134 valence electrons. The lowest BCUT2D eigenvalue weighted by atomic mass is 10.2. The SMILES string of the molecule is Cc1cc(C(=O)Nc2ccc(NC(=O)[C@@H](C)n3cncn3)cc2)c(C)o1. The van der Waals surface area contributed by atoms with E-state index in [0.717, 1.165) is 0 Å². The van der Waals surface area contributed by atoms with Crippen molar-refractivity contribution in [1.82, 2.24) is 14.8 Å². The molecule has 3 rings (SSSR count). The smallest absolute Gasteiger partial charge is 0.259 e. The van der Waals surface area contributed by atoms with Crippen LogP contribution in [0.2, 0.25) is 0 Å². The lowest BCUT2D eigenvalue weighted by molar-refractivity contribution is -0.119. The Hall–Kier alpha value is -3.42. The van der Waals surface area contributed by atoms with Gasteiger partial charge in [-0.2, -0.15) is 5.10 Å². The Labute approximate surface area is 150 Å². The molecule has 0 unspecified atom stereocenters. The Morgan fingerprint density at radius 1 is 1.12 bits per heavy atom. The highest BCUT2D eigenvalue weighted by atomic mass is 16.3. The molecule has 1 aromatic carbocycles. The first-order valence-corrected chi connectivity index (χ1v) is 8.07. The van der Waals surface area contributed by atoms with Crippen LogP contribution in [-0.4, -0.2) is 26.6 Å². The second kappa shape index (κ2) is 7.22. The van der Waals surface area contributed by atoms with Gasteiger partial charge in [-0.05, 0) is 51.1 Å². The predicted molar refractivity (Wildman–Crippen MR) is 95.9 cm³/mol. The average molecular weight is 353 g/mol. The summed E-state index contributed by atoms with van der Waals surface area (Å²) in [6.45, 7) is 5.27. The number of carbonyl (C=O) groups is 2. The zero-order chi connectivity index (χ0) is 18.7. The van der Waals surface area contributed by atoms with Crippen LogP contribution in [-0.2, 0) is 4.79 Å². The van der Waals surface area contributed by atoms with Crippen LogP contribution in [0.25, 0.3) is 0 Å². The van der Waals surface area contributed by atoms with E-state index in [4.69, 9.17) is 4.42 Å². The standard InChI is InChI=1S/C18H19N5O3/c1-11-8-16(13(3)26-11)18(25)22-15-6-4-14(5-7-15)21-17(24)12(2)23-10-19-9-20-23/h4-10,12H,1-3H3,(H,21,24)(H,22,25)/t12-/m1/s1. The maximum Gasteiger partial charge on any atom is 0.259 e. The first kappa shape index (κ1) is 17.4. The van der Waals surface area contributed by atoms with Crippen molar-refractivity contribution in [2.75, 3.05) is 10.6 Å². The van der Waals surface area contributed by atoms with E-state index in [1.54, 1.807) is 51.1 Å². The van der Waals surface area contributed by atoms with E-state index in [1.165, 1.54) is 17.3 Å². The third-order valence-electron chi connectivity index (χ3n) is 3.91. The number of benzene rings is 1. The van der Waals surface area contributed by atoms with Crippen molar-refractivity contribution in [3.63, 3.8) is 0 Å². The molecule has 8 nitrogen and oxygen atoms in total. The van der Waals surface area contributed by atoms with Crippen LogP contribution in [0, 0.1) is 13.8 Å². The molecule has 2 heterocycles. The molecule has 0 aliphatic rings. The summed E-state index contributed by atoms with van der Waals surface area (Å²) in [5, 5.41) is 9.56. The first-order chi connectivity index (χ1) is 12.4. The molecule has 0 saturated heterocycles. The van der Waals surface area contributed by atoms with Crippen LogP contribution in [0.5, 0.6) is 0 Å². The molecule has 0 aliphatic carbocycles. The number of furan rings is 1. The average Bonchev–Trinajstić information content (AvgIpc) is 3.25. The van der Waals surface area contributed by atoms with Gasteiger partial charge in [0.2, 0.25) is 5.91 Å². The molecule has 0 bridgehead atoms. The molecule has 1 atom stereocenters. The number of nitrogens with one attached hydrogen (secondary N) is 2. The quantitative estimate of drug-likeness (QED) is 0.734. The van der Waals surface area contributed by atoms with Crippen molar-refractivity contribution in [3.8, 4) is 0 Å². The fraction of sp³-hybridized carbons (Fsp3) is 0.222. The van der Waals surface area contributed by atoms with E-state index in [0.29, 0.717) is 28.5 Å². The van der Waals surface area contributed by atoms with Crippen LogP contribution in [0.1, 0.15) is 34.8 Å². The van der Waals surface area contributed by atoms with E-state index in [2.05, 4.69) is 20.7 Å². The van der Waals surface area contributed by atoms with Crippen molar-refractivity contribution >= 4 is 23.2 Å². The largest absolute Gasteiger partial charge is 0.466 e. The fourth-order valence-corrected chi connectivity index (χ4v) is 2.48. The maximum atomic E-state index is 12.3. The Bertz CT molecular complexity index is 913. The number of nitrogens with zero attached hydrogens (tertiary/aromatic N) is 3. The number of amides is 2. The third-order valence-corrected chi connectivity index (χ3v) is 3.91. The molecule has 3 aromatic rings. The normalized spacial score (nSPS) is 11.8. The van der Waals surface area contributed by atoms with Gasteiger partial charge in [-0.15, -0.1) is 0 Å². The predicted octanol–water partition coefficient (Wildman–Crippen LogP) is 2.94. The van der Waals surface area contributed by atoms with Crippen molar-refractivity contribution in [2.24, 2.45) is 0 Å². The molecule has 0 spiro atoms. The molecule has 0 saturated carbocycles. The van der Waals surface area contributed by atoms with Gasteiger partial charge >= 0.3 is 0 Å². The van der Waals surface area contributed by atoms with Crippen molar-refractivity contribution in [3.05, 3.63) is 60.1 Å². The molecule has 2 aromatic heterocycles. The molecule has 0 radical (unpaired) electrons. The second-order valence-corrected chi connectivity index (χ2v) is 5.90. The van der Waals surface area contributed by atoms with Crippen LogP contribution in [0.15, 0.2) is 47.4 Å². The van der Waals surface area contributed by atoms with Crippen molar-refractivity contribution in [1.29, 1.82) is 0 Å². The van der Waals surface area contributed by atoms with Gasteiger partial charge in [0.15, 0.2) is 0 Å². The summed E-state index contributed by atoms with van der Waals surface area (Å²) in [5.74, 6) is 0.811. The summed E-state index contributed by atoms with van der Waals surface area (Å²) in [7, 11) is 0. The van der Waals surface area contributed by atoms with Gasteiger partial charge in [0.25, 0.3) is 5.91 Å². The van der Waals surface area contributed by atoms with Crippen molar-refractivity contribution in [2.45, 2.75) is 26.8 Å². The Morgan fingerprint density at radius 2 is 1.77 bits per heavy atom. The lowest BCUT2D eigenvalue weighted by Gasteiger charge is -2.12. The molecule has 8 heteroatoms. The monoisotopic (exact) mass is 353 g/mol. The number of hydrogen-bond acceptors (Lipinski definition) is 5. The van der Waals surface area contributed by atoms with Gasteiger partial charge in [-0.3, -0.25) is 9.59 Å². The number of aryl methyl sites for hydroxylation is 2. The summed E-state index contributed by atoms with van der Waals surface area (Å²) in [5.41, 5.74) is 1.74. The Kier molecular flexibility index (Phi) is 4.83. The summed E-state index contributed by atoms with van der Waals surface area (Å²) >= 11 is 0. The number of carbonyl (C=O) groups excluding carboxylic acids is 2. The summed E-state index contributed by atoms with van der Waals surface area (Å²) in [6.07, 6.45) is 2.87. The van der Waals surface area contributed by atoms with Gasteiger partial charge in [-0.1, -0.05) is 0 Å². The van der Waals surface area contributed by atoms with E-state index in [-0.39, 0.29) is 11.8 Å². The zero-order valence-electron chi connectivity index (χ0n) is 14.7. The maximum absolute atomic E-state index is 12.3. The topological polar surface area (TPSA) is 102 Å². The van der Waals surface area contributed by atoms with E-state index < -0.39 is 6.04 Å². The summed E-state index contributed by atoms with van der Waals surface area (Å²) < 4.78 is 6.84. The van der Waals surface area contributed by atoms with Crippen LogP contribution >= 0.6 is 0 Å². The van der Waals surface area contributed by atoms with Crippen LogP contribution < -0.4 is 10.6 Å². The number of aromatic nitrogens is 3. The van der Waals surface area contributed by atoms with E-state index in [1.807, 2.05) is 0 Å². The molecule has 2 N–H and O–H groups in total. The van der Waals surface area contributed by atoms with Gasteiger partial charge in [-0.25, -0.2) is 9.67 Å². The van der Waals surface area contributed by atoms with E-state index in [9.17, 15) is 9.59 Å². The first-order valence-electron chi connectivity index (χ1n) is 8.07. The Morgan fingerprint density at radius 3 is 2.31 bits per heavy atom. The molecule has 0 fully saturated rings. The lowest BCUT2D eigenvalue weighted by Crippen LogP contribution is -2.24. The van der Waals surface area contributed by atoms with Gasteiger partial charge < -0.3 is 15.1 Å². The highest BCUT2D eigenvalue weighted by molar-refractivity contribution is 6.05. The van der Waals surface area contributed by atoms with Gasteiger partial charge in [0, 0.05) is 11.4 Å². The highest BCUT2D eigenvalue weighted by Gasteiger charge is 2.16. The summed E-state index contributed by atoms with van der Waals surface area (Å²) in [4.78, 5) is 28.3. The second-order valence-electron chi connectivity index (χ2n) is 5.90. The van der Waals surface area contributed by atoms with Crippen LogP contribution in [0.4, 0.5) is 11.4 Å². The van der Waals surface area contributed by atoms with Gasteiger partial charge in [0.05, 0.1) is 5.56 Å². The Balaban J connectivity index is 1.62. The third kappa shape index (κ3) is 3.80. The minimum Gasteiger partial charge on any atom is -0.466 e. The molecule has 26 heavy (non-hydrogen) atoms. The number of hydrogen-bond donors (Lipinski definition) is 2. The highest BCUT2D eigenvalue weighted by Crippen LogP contribution is 2.18. The van der Waals surface area contributed by atoms with E-state index >= 15 is 0 Å². The number of anilines is 2. The minimum atomic E-state index is -0.482. The molecular formula is C18H19N5O3. The van der Waals surface area contributed by atoms with Crippen LogP contribution in [0.3, 0.4) is 0 Å². The number of rotatable bonds is 5. The molecular weight excluding hydrogens is 334 g/mol. The summed E-state index contributed by atoms with van der Waals surface area (Å²) in [6, 6.07) is 8.09.